The molecule has 0 unspecified atom stereocenters. The van der Waals surface area contributed by atoms with Gasteiger partial charge in [0.2, 0.25) is 0 Å². The predicted octanol–water partition coefficient (Wildman–Crippen LogP) is 3.40. The largest absolute Gasteiger partial charge is 0.310 e. The molecule has 2 nitrogen and oxygen atoms in total. The van der Waals surface area contributed by atoms with Crippen LogP contribution < -0.4 is 5.32 Å². The highest BCUT2D eigenvalue weighted by Gasteiger charge is 2.45. The Bertz CT molecular complexity index is 592. The normalized spacial score (nSPS) is 24.6. The molecule has 3 rings (SSSR count). The Morgan fingerprint density at radius 2 is 1.60 bits per heavy atom. The summed E-state index contributed by atoms with van der Waals surface area (Å²) in [6.45, 7) is 0.877. The molecule has 1 fully saturated rings. The Kier molecular flexibility index (Phi) is 3.54. The van der Waals surface area contributed by atoms with Crippen molar-refractivity contribution < 1.29 is 0 Å². The van der Waals surface area contributed by atoms with Crippen LogP contribution in [0, 0.1) is 11.3 Å². The summed E-state index contributed by atoms with van der Waals surface area (Å²) in [6.07, 6.45) is 1.81. The van der Waals surface area contributed by atoms with Crippen molar-refractivity contribution in [1.29, 1.82) is 5.26 Å². The maximum absolute atomic E-state index is 9.52. The Balaban J connectivity index is 1.59. The molecule has 1 saturated carbocycles. The zero-order chi connectivity index (χ0) is 13.8. The first-order chi connectivity index (χ1) is 9.82. The molecule has 0 radical (unpaired) electrons. The van der Waals surface area contributed by atoms with Crippen LogP contribution in [-0.2, 0) is 12.0 Å². The summed E-state index contributed by atoms with van der Waals surface area (Å²) in [5.41, 5.74) is 2.16. The number of rotatable bonds is 4. The average molecular weight is 262 g/mol. The highest BCUT2D eigenvalue weighted by atomic mass is 14.9. The molecule has 2 aromatic rings. The Hall–Kier alpha value is -2.11. The second-order valence-electron chi connectivity index (χ2n) is 5.53. The first kappa shape index (κ1) is 12.9. The number of hydrogen-bond donors (Lipinski definition) is 1. The van der Waals surface area contributed by atoms with Crippen molar-refractivity contribution in [2.75, 3.05) is 0 Å². The highest BCUT2D eigenvalue weighted by molar-refractivity contribution is 5.37. The summed E-state index contributed by atoms with van der Waals surface area (Å²) in [6, 6.07) is 23.5. The van der Waals surface area contributed by atoms with Crippen LogP contribution >= 0.6 is 0 Å². The second-order valence-corrected chi connectivity index (χ2v) is 5.53. The molecule has 0 saturated heterocycles. The van der Waals surface area contributed by atoms with Crippen LogP contribution in [0.25, 0.3) is 0 Å². The number of nitriles is 1. The Morgan fingerprint density at radius 1 is 1.00 bits per heavy atom. The number of benzene rings is 2. The SMILES string of the molecule is N#CC1(c2ccccc2)CC(NCc2ccccc2)C1. The summed E-state index contributed by atoms with van der Waals surface area (Å²) in [4.78, 5) is 0. The summed E-state index contributed by atoms with van der Waals surface area (Å²) in [5.74, 6) is 0. The van der Waals surface area contributed by atoms with Crippen molar-refractivity contribution in [3.8, 4) is 6.07 Å². The van der Waals surface area contributed by atoms with Gasteiger partial charge in [-0.05, 0) is 24.0 Å². The molecule has 0 heterocycles. The molecular formula is C18H18N2. The van der Waals surface area contributed by atoms with Gasteiger partial charge in [0.25, 0.3) is 0 Å². The molecule has 2 aromatic carbocycles. The lowest BCUT2D eigenvalue weighted by Gasteiger charge is -2.43. The zero-order valence-electron chi connectivity index (χ0n) is 11.4. The average Bonchev–Trinajstić information content (AvgIpc) is 2.48. The molecule has 0 amide bonds. The molecule has 100 valence electrons. The third-order valence-electron chi connectivity index (χ3n) is 4.17. The number of nitrogens with one attached hydrogen (secondary N) is 1. The van der Waals surface area contributed by atoms with Crippen LogP contribution in [0.15, 0.2) is 60.7 Å². The molecule has 0 atom stereocenters. The van der Waals surface area contributed by atoms with E-state index in [9.17, 15) is 5.26 Å². The van der Waals surface area contributed by atoms with Gasteiger partial charge >= 0.3 is 0 Å². The quantitative estimate of drug-likeness (QED) is 0.916. The Labute approximate surface area is 120 Å². The summed E-state index contributed by atoms with van der Waals surface area (Å²) in [7, 11) is 0. The molecule has 20 heavy (non-hydrogen) atoms. The minimum Gasteiger partial charge on any atom is -0.310 e. The van der Waals surface area contributed by atoms with E-state index in [1.54, 1.807) is 0 Å². The molecular weight excluding hydrogens is 244 g/mol. The van der Waals surface area contributed by atoms with Crippen molar-refractivity contribution in [1.82, 2.24) is 5.32 Å². The van der Waals surface area contributed by atoms with Crippen LogP contribution in [0.2, 0.25) is 0 Å². The van der Waals surface area contributed by atoms with Crippen LogP contribution in [0.1, 0.15) is 24.0 Å². The van der Waals surface area contributed by atoms with E-state index >= 15 is 0 Å². The van der Waals surface area contributed by atoms with E-state index in [2.05, 4.69) is 47.8 Å². The van der Waals surface area contributed by atoms with E-state index < -0.39 is 0 Å². The van der Waals surface area contributed by atoms with Crippen LogP contribution in [-0.4, -0.2) is 6.04 Å². The number of hydrogen-bond acceptors (Lipinski definition) is 2. The summed E-state index contributed by atoms with van der Waals surface area (Å²) < 4.78 is 0. The van der Waals surface area contributed by atoms with Crippen molar-refractivity contribution in [3.05, 3.63) is 71.8 Å². The van der Waals surface area contributed by atoms with Gasteiger partial charge in [0, 0.05) is 12.6 Å². The van der Waals surface area contributed by atoms with E-state index in [-0.39, 0.29) is 5.41 Å². The van der Waals surface area contributed by atoms with E-state index in [0.717, 1.165) is 24.9 Å². The van der Waals surface area contributed by atoms with E-state index in [4.69, 9.17) is 0 Å². The van der Waals surface area contributed by atoms with Crippen molar-refractivity contribution >= 4 is 0 Å². The fraction of sp³-hybridized carbons (Fsp3) is 0.278. The second kappa shape index (κ2) is 5.48. The van der Waals surface area contributed by atoms with Crippen LogP contribution in [0.4, 0.5) is 0 Å². The summed E-state index contributed by atoms with van der Waals surface area (Å²) >= 11 is 0. The fourth-order valence-electron chi connectivity index (χ4n) is 2.93. The molecule has 1 N–H and O–H groups in total. The predicted molar refractivity (Wildman–Crippen MR) is 80.0 cm³/mol. The first-order valence-corrected chi connectivity index (χ1v) is 7.06. The standard InChI is InChI=1S/C18H18N2/c19-14-18(16-9-5-2-6-10-16)11-17(12-18)20-13-15-7-3-1-4-8-15/h1-10,17,20H,11-13H2. The summed E-state index contributed by atoms with van der Waals surface area (Å²) in [5, 5.41) is 13.1. The van der Waals surface area contributed by atoms with E-state index in [0.29, 0.717) is 6.04 Å². The third-order valence-corrected chi connectivity index (χ3v) is 4.17. The lowest BCUT2D eigenvalue weighted by atomic mass is 9.62. The molecule has 0 bridgehead atoms. The monoisotopic (exact) mass is 262 g/mol. The fourth-order valence-corrected chi connectivity index (χ4v) is 2.93. The Morgan fingerprint density at radius 3 is 2.20 bits per heavy atom. The van der Waals surface area contributed by atoms with Crippen molar-refractivity contribution in [2.45, 2.75) is 30.8 Å². The minimum atomic E-state index is -0.282. The van der Waals surface area contributed by atoms with Gasteiger partial charge in [-0.2, -0.15) is 5.26 Å². The van der Waals surface area contributed by atoms with Crippen LogP contribution in [0.3, 0.4) is 0 Å². The molecule has 1 aliphatic rings. The zero-order valence-corrected chi connectivity index (χ0v) is 11.4. The first-order valence-electron chi connectivity index (χ1n) is 7.06. The van der Waals surface area contributed by atoms with Gasteiger partial charge in [0.1, 0.15) is 0 Å². The van der Waals surface area contributed by atoms with Gasteiger partial charge in [-0.3, -0.25) is 0 Å². The molecule has 0 aliphatic heterocycles. The van der Waals surface area contributed by atoms with Gasteiger partial charge < -0.3 is 5.32 Å². The molecule has 2 heteroatoms. The van der Waals surface area contributed by atoms with Gasteiger partial charge in [-0.25, -0.2) is 0 Å². The van der Waals surface area contributed by atoms with Gasteiger partial charge in [0.05, 0.1) is 11.5 Å². The number of nitrogens with zero attached hydrogens (tertiary/aromatic N) is 1. The van der Waals surface area contributed by atoms with Crippen LogP contribution in [0.5, 0.6) is 0 Å². The smallest absolute Gasteiger partial charge is 0.0852 e. The van der Waals surface area contributed by atoms with Crippen molar-refractivity contribution in [2.24, 2.45) is 0 Å². The van der Waals surface area contributed by atoms with E-state index in [1.165, 1.54) is 5.56 Å². The van der Waals surface area contributed by atoms with E-state index in [1.807, 2.05) is 24.3 Å². The van der Waals surface area contributed by atoms with Gasteiger partial charge in [-0.15, -0.1) is 0 Å². The van der Waals surface area contributed by atoms with Crippen molar-refractivity contribution in [3.63, 3.8) is 0 Å². The molecule has 1 aliphatic carbocycles. The maximum atomic E-state index is 9.52. The van der Waals surface area contributed by atoms with Gasteiger partial charge in [-0.1, -0.05) is 60.7 Å². The topological polar surface area (TPSA) is 35.8 Å². The lowest BCUT2D eigenvalue weighted by Crippen LogP contribution is -2.50. The van der Waals surface area contributed by atoms with Gasteiger partial charge in [0.15, 0.2) is 0 Å². The molecule has 0 spiro atoms. The maximum Gasteiger partial charge on any atom is 0.0852 e. The lowest BCUT2D eigenvalue weighted by molar-refractivity contribution is 0.225. The molecule has 0 aromatic heterocycles. The highest BCUT2D eigenvalue weighted by Crippen LogP contribution is 2.43. The minimum absolute atomic E-state index is 0.282. The third kappa shape index (κ3) is 2.45.